The van der Waals surface area contributed by atoms with Crippen molar-refractivity contribution in [2.45, 2.75) is 16.7 Å². The second kappa shape index (κ2) is 7.70. The number of aromatic nitrogens is 1. The number of fused-ring (bicyclic) bond motifs is 1. The lowest BCUT2D eigenvalue weighted by Gasteiger charge is -2.15. The van der Waals surface area contributed by atoms with E-state index < -0.39 is 15.7 Å². The standard InChI is InChI=1S/C23H17ClFNO3S/c1-14-9-10-17(12-19(14)24)30(27,28)21-13-26-23-18(7-4-8-20(23)25)22(21)15-5-3-6-16(11-15)29-2/h3-13H,1-2H3. The number of nitrogens with zero attached hydrogens (tertiary/aromatic N) is 1. The van der Waals surface area contributed by atoms with E-state index >= 15 is 0 Å². The van der Waals surface area contributed by atoms with Crippen molar-refractivity contribution in [1.29, 1.82) is 0 Å². The molecule has 7 heteroatoms. The van der Waals surface area contributed by atoms with Gasteiger partial charge in [0.15, 0.2) is 0 Å². The van der Waals surface area contributed by atoms with Crippen molar-refractivity contribution in [3.05, 3.63) is 83.3 Å². The Morgan fingerprint density at radius 3 is 2.53 bits per heavy atom. The van der Waals surface area contributed by atoms with Gasteiger partial charge in [0.1, 0.15) is 17.1 Å². The average Bonchev–Trinajstić information content (AvgIpc) is 2.75. The molecule has 30 heavy (non-hydrogen) atoms. The van der Waals surface area contributed by atoms with Gasteiger partial charge in [0.05, 0.1) is 16.9 Å². The fourth-order valence-corrected chi connectivity index (χ4v) is 5.02. The zero-order chi connectivity index (χ0) is 21.5. The van der Waals surface area contributed by atoms with Crippen LogP contribution in [0.5, 0.6) is 5.75 Å². The Labute approximate surface area is 178 Å². The van der Waals surface area contributed by atoms with Gasteiger partial charge >= 0.3 is 0 Å². The van der Waals surface area contributed by atoms with Gasteiger partial charge in [0, 0.05) is 22.2 Å². The van der Waals surface area contributed by atoms with E-state index in [1.807, 2.05) is 0 Å². The molecule has 0 aliphatic heterocycles. The molecule has 0 amide bonds. The fourth-order valence-electron chi connectivity index (χ4n) is 3.32. The Bertz CT molecular complexity index is 1390. The minimum atomic E-state index is -3.99. The van der Waals surface area contributed by atoms with Gasteiger partial charge in [-0.1, -0.05) is 41.9 Å². The Morgan fingerprint density at radius 2 is 1.80 bits per heavy atom. The molecule has 0 spiro atoms. The molecule has 0 saturated carbocycles. The summed E-state index contributed by atoms with van der Waals surface area (Å²) in [6.45, 7) is 1.79. The Kier molecular flexibility index (Phi) is 5.22. The summed E-state index contributed by atoms with van der Waals surface area (Å²) in [5, 5.41) is 0.737. The van der Waals surface area contributed by atoms with Crippen LogP contribution in [0.1, 0.15) is 5.56 Å². The van der Waals surface area contributed by atoms with Crippen LogP contribution in [0.4, 0.5) is 4.39 Å². The summed E-state index contributed by atoms with van der Waals surface area (Å²) >= 11 is 6.17. The molecule has 3 aromatic carbocycles. The van der Waals surface area contributed by atoms with Gasteiger partial charge in [-0.2, -0.15) is 0 Å². The minimum absolute atomic E-state index is 0.0335. The summed E-state index contributed by atoms with van der Waals surface area (Å²) in [7, 11) is -2.47. The number of sulfone groups is 1. The van der Waals surface area contributed by atoms with Gasteiger partial charge in [0.25, 0.3) is 0 Å². The molecule has 4 rings (SSSR count). The Hall–Kier alpha value is -2.96. The summed E-state index contributed by atoms with van der Waals surface area (Å²) in [6.07, 6.45) is 1.20. The van der Waals surface area contributed by atoms with Crippen molar-refractivity contribution in [3.8, 4) is 16.9 Å². The predicted octanol–water partition coefficient (Wildman–Crippen LogP) is 5.84. The van der Waals surface area contributed by atoms with Crippen LogP contribution in [0.3, 0.4) is 0 Å². The number of aryl methyl sites for hydroxylation is 1. The summed E-state index contributed by atoms with van der Waals surface area (Å²) < 4.78 is 46.8. The SMILES string of the molecule is COc1cccc(-c2c(S(=O)(=O)c3ccc(C)c(Cl)c3)cnc3c(F)cccc23)c1. The van der Waals surface area contributed by atoms with Crippen LogP contribution < -0.4 is 4.74 Å². The van der Waals surface area contributed by atoms with E-state index in [2.05, 4.69) is 4.98 Å². The van der Waals surface area contributed by atoms with Crippen LogP contribution in [-0.4, -0.2) is 20.5 Å². The van der Waals surface area contributed by atoms with E-state index in [4.69, 9.17) is 16.3 Å². The molecular weight excluding hydrogens is 425 g/mol. The topological polar surface area (TPSA) is 56.3 Å². The first-order chi connectivity index (χ1) is 14.3. The van der Waals surface area contributed by atoms with Gasteiger partial charge in [0.2, 0.25) is 9.84 Å². The monoisotopic (exact) mass is 441 g/mol. The average molecular weight is 442 g/mol. The highest BCUT2D eigenvalue weighted by molar-refractivity contribution is 7.91. The molecule has 0 radical (unpaired) electrons. The van der Waals surface area contributed by atoms with Crippen LogP contribution in [0.25, 0.3) is 22.0 Å². The zero-order valence-electron chi connectivity index (χ0n) is 16.2. The zero-order valence-corrected chi connectivity index (χ0v) is 17.8. The lowest BCUT2D eigenvalue weighted by atomic mass is 10.0. The summed E-state index contributed by atoms with van der Waals surface area (Å²) in [6, 6.07) is 16.0. The normalized spacial score (nSPS) is 11.6. The third-order valence-corrected chi connectivity index (χ3v) is 7.09. The largest absolute Gasteiger partial charge is 0.497 e. The maximum atomic E-state index is 14.4. The van der Waals surface area contributed by atoms with Crippen molar-refractivity contribution in [1.82, 2.24) is 4.98 Å². The number of hydrogen-bond acceptors (Lipinski definition) is 4. The van der Waals surface area contributed by atoms with E-state index in [1.54, 1.807) is 43.3 Å². The lowest BCUT2D eigenvalue weighted by molar-refractivity contribution is 0.415. The third-order valence-electron chi connectivity index (χ3n) is 4.91. The second-order valence-electron chi connectivity index (χ2n) is 6.78. The predicted molar refractivity (Wildman–Crippen MR) is 115 cm³/mol. The van der Waals surface area contributed by atoms with Gasteiger partial charge in [-0.3, -0.25) is 4.98 Å². The van der Waals surface area contributed by atoms with Gasteiger partial charge in [-0.15, -0.1) is 0 Å². The maximum absolute atomic E-state index is 14.4. The number of methoxy groups -OCH3 is 1. The summed E-state index contributed by atoms with van der Waals surface area (Å²) in [5.41, 5.74) is 1.79. The quantitative estimate of drug-likeness (QED) is 0.399. The fraction of sp³-hybridized carbons (Fsp3) is 0.0870. The number of pyridine rings is 1. The molecule has 1 heterocycles. The molecule has 0 fully saturated rings. The third kappa shape index (κ3) is 3.42. The first-order valence-corrected chi connectivity index (χ1v) is 10.9. The van der Waals surface area contributed by atoms with Crippen molar-refractivity contribution in [3.63, 3.8) is 0 Å². The molecular formula is C23H17ClFNO3S. The summed E-state index contributed by atoms with van der Waals surface area (Å²) in [4.78, 5) is 4.13. The van der Waals surface area contributed by atoms with E-state index in [0.717, 1.165) is 5.56 Å². The number of hydrogen-bond donors (Lipinski definition) is 0. The molecule has 0 N–H and O–H groups in total. The molecule has 0 atom stereocenters. The van der Waals surface area contributed by atoms with Gasteiger partial charge in [-0.05, 0) is 48.4 Å². The van der Waals surface area contributed by atoms with Crippen molar-refractivity contribution < 1.29 is 17.5 Å². The molecule has 0 aliphatic rings. The molecule has 0 aliphatic carbocycles. The number of rotatable bonds is 4. The second-order valence-corrected chi connectivity index (χ2v) is 9.11. The van der Waals surface area contributed by atoms with E-state index in [1.165, 1.54) is 37.6 Å². The molecule has 0 bridgehead atoms. The Balaban J connectivity index is 2.08. The van der Waals surface area contributed by atoms with Crippen LogP contribution in [0.2, 0.25) is 5.02 Å². The highest BCUT2D eigenvalue weighted by atomic mass is 35.5. The minimum Gasteiger partial charge on any atom is -0.497 e. The molecule has 0 unspecified atom stereocenters. The first kappa shape index (κ1) is 20.3. The van der Waals surface area contributed by atoms with Crippen LogP contribution in [0.15, 0.2) is 76.7 Å². The Morgan fingerprint density at radius 1 is 1.03 bits per heavy atom. The highest BCUT2D eigenvalue weighted by Gasteiger charge is 2.26. The molecule has 4 nitrogen and oxygen atoms in total. The van der Waals surface area contributed by atoms with Crippen molar-refractivity contribution >= 4 is 32.3 Å². The van der Waals surface area contributed by atoms with Crippen LogP contribution >= 0.6 is 11.6 Å². The number of halogens is 2. The highest BCUT2D eigenvalue weighted by Crippen LogP contribution is 2.38. The van der Waals surface area contributed by atoms with E-state index in [-0.39, 0.29) is 15.3 Å². The maximum Gasteiger partial charge on any atom is 0.208 e. The van der Waals surface area contributed by atoms with Gasteiger partial charge < -0.3 is 4.74 Å². The number of para-hydroxylation sites is 1. The van der Waals surface area contributed by atoms with Crippen molar-refractivity contribution in [2.24, 2.45) is 0 Å². The van der Waals surface area contributed by atoms with Crippen molar-refractivity contribution in [2.75, 3.05) is 7.11 Å². The summed E-state index contributed by atoms with van der Waals surface area (Å²) in [5.74, 6) is 0.0227. The molecule has 1 aromatic heterocycles. The van der Waals surface area contributed by atoms with Crippen LogP contribution in [-0.2, 0) is 9.84 Å². The number of benzene rings is 3. The lowest BCUT2D eigenvalue weighted by Crippen LogP contribution is -2.06. The molecule has 152 valence electrons. The van der Waals surface area contributed by atoms with Crippen LogP contribution in [0, 0.1) is 12.7 Å². The van der Waals surface area contributed by atoms with Gasteiger partial charge in [-0.25, -0.2) is 12.8 Å². The number of ether oxygens (including phenoxy) is 1. The molecule has 4 aromatic rings. The smallest absolute Gasteiger partial charge is 0.208 e. The first-order valence-electron chi connectivity index (χ1n) is 9.06. The van der Waals surface area contributed by atoms with E-state index in [9.17, 15) is 12.8 Å². The van der Waals surface area contributed by atoms with E-state index in [0.29, 0.717) is 27.3 Å². The molecule has 0 saturated heterocycles.